The van der Waals surface area contributed by atoms with Crippen LogP contribution in [0.3, 0.4) is 0 Å². The number of benzene rings is 3. The number of hydrogen-bond acceptors (Lipinski definition) is 9. The van der Waals surface area contributed by atoms with E-state index in [9.17, 15) is 14.7 Å². The lowest BCUT2D eigenvalue weighted by Crippen LogP contribution is -2.29. The number of fused-ring (bicyclic) bond motifs is 2. The molecule has 0 aliphatic carbocycles. The second kappa shape index (κ2) is 12.4. The van der Waals surface area contributed by atoms with Crippen molar-refractivity contribution in [2.75, 3.05) is 25.2 Å². The van der Waals surface area contributed by atoms with Crippen LogP contribution in [-0.4, -0.2) is 48.2 Å². The van der Waals surface area contributed by atoms with Gasteiger partial charge in [-0.05, 0) is 85.8 Å². The van der Waals surface area contributed by atoms with Gasteiger partial charge in [-0.3, -0.25) is 14.5 Å². The number of carbonyl (C=O) groups excluding carboxylic acids is 2. The highest BCUT2D eigenvalue weighted by Gasteiger charge is 2.48. The van der Waals surface area contributed by atoms with Crippen molar-refractivity contribution >= 4 is 44.1 Å². The van der Waals surface area contributed by atoms with E-state index in [-0.39, 0.29) is 17.4 Å². The molecule has 1 aromatic heterocycles. The Hall–Kier alpha value is -4.57. The Morgan fingerprint density at radius 1 is 1.09 bits per heavy atom. The molecule has 234 valence electrons. The van der Waals surface area contributed by atoms with Gasteiger partial charge in [-0.1, -0.05) is 31.3 Å². The molecule has 3 aromatic carbocycles. The smallest absolute Gasteiger partial charge is 0.301 e. The second-order valence-corrected chi connectivity index (χ2v) is 12.6. The van der Waals surface area contributed by atoms with E-state index in [0.717, 1.165) is 22.4 Å². The van der Waals surface area contributed by atoms with Crippen molar-refractivity contribution in [3.63, 3.8) is 0 Å². The van der Waals surface area contributed by atoms with E-state index in [1.807, 2.05) is 32.0 Å². The Labute approximate surface area is 266 Å². The van der Waals surface area contributed by atoms with Gasteiger partial charge in [0, 0.05) is 12.0 Å². The van der Waals surface area contributed by atoms with Gasteiger partial charge in [0.25, 0.3) is 5.78 Å². The van der Waals surface area contributed by atoms with Crippen molar-refractivity contribution in [3.05, 3.63) is 76.9 Å². The quantitative estimate of drug-likeness (QED) is 0.113. The summed E-state index contributed by atoms with van der Waals surface area (Å²) >= 11 is 1.27. The number of aliphatic hydroxyl groups is 1. The molecule has 1 amide bonds. The number of thiazole rings is 1. The third kappa shape index (κ3) is 5.82. The molecular weight excluding hydrogens is 592 g/mol. The van der Waals surface area contributed by atoms with Crippen LogP contribution in [0.1, 0.15) is 56.8 Å². The van der Waals surface area contributed by atoms with Gasteiger partial charge in [0.15, 0.2) is 16.6 Å². The molecule has 0 saturated carbocycles. The first-order chi connectivity index (χ1) is 21.7. The number of amides is 1. The van der Waals surface area contributed by atoms with Crippen molar-refractivity contribution in [2.45, 2.75) is 52.7 Å². The highest BCUT2D eigenvalue weighted by Crippen LogP contribution is 2.46. The van der Waals surface area contributed by atoms with E-state index in [1.54, 1.807) is 43.5 Å². The molecule has 1 fully saturated rings. The fraction of sp³-hybridized carbons (Fsp3) is 0.343. The highest BCUT2D eigenvalue weighted by atomic mass is 32.1. The summed E-state index contributed by atoms with van der Waals surface area (Å²) < 4.78 is 24.0. The zero-order valence-corrected chi connectivity index (χ0v) is 26.8. The second-order valence-electron chi connectivity index (χ2n) is 11.6. The number of rotatable bonds is 10. The van der Waals surface area contributed by atoms with Crippen LogP contribution in [-0.2, 0) is 16.0 Å². The van der Waals surface area contributed by atoms with Gasteiger partial charge in [-0.2, -0.15) is 0 Å². The minimum atomic E-state index is -0.972. The van der Waals surface area contributed by atoms with Gasteiger partial charge < -0.3 is 24.1 Å². The summed E-state index contributed by atoms with van der Waals surface area (Å²) in [7, 11) is 1.58. The Balaban J connectivity index is 1.50. The number of anilines is 1. The average molecular weight is 629 g/mol. The van der Waals surface area contributed by atoms with Crippen LogP contribution in [0.5, 0.6) is 23.0 Å². The van der Waals surface area contributed by atoms with Crippen molar-refractivity contribution in [3.8, 4) is 23.0 Å². The SMILES string of the molecule is CCOc1cc([C@@H]2C(=C(O)c3ccc4c(c3)C[C@H](C)O4)C(=O)C(=O)N2c2nc3ccc(OC)cc3s2)ccc1OCCC(C)C. The fourth-order valence-electron chi connectivity index (χ4n) is 5.68. The molecular formula is C35H36N2O7S. The fourth-order valence-corrected chi connectivity index (χ4v) is 6.70. The molecule has 2 aliphatic rings. The summed E-state index contributed by atoms with van der Waals surface area (Å²) in [5.74, 6) is 1.09. The highest BCUT2D eigenvalue weighted by molar-refractivity contribution is 7.22. The Bertz CT molecular complexity index is 1810. The predicted octanol–water partition coefficient (Wildman–Crippen LogP) is 7.08. The van der Waals surface area contributed by atoms with E-state index in [4.69, 9.17) is 23.9 Å². The lowest BCUT2D eigenvalue weighted by Gasteiger charge is -2.24. The number of nitrogens with zero attached hydrogens (tertiary/aromatic N) is 2. The van der Waals surface area contributed by atoms with Gasteiger partial charge >= 0.3 is 5.91 Å². The molecule has 6 rings (SSSR count). The minimum absolute atomic E-state index is 0.0129. The lowest BCUT2D eigenvalue weighted by molar-refractivity contribution is -0.132. The topological polar surface area (TPSA) is 107 Å². The molecule has 0 bridgehead atoms. The molecule has 2 atom stereocenters. The summed E-state index contributed by atoms with van der Waals surface area (Å²) in [4.78, 5) is 33.8. The molecule has 45 heavy (non-hydrogen) atoms. The summed E-state index contributed by atoms with van der Waals surface area (Å²) in [5, 5.41) is 12.1. The minimum Gasteiger partial charge on any atom is -0.507 e. The number of ketones is 1. The molecule has 3 heterocycles. The summed E-state index contributed by atoms with van der Waals surface area (Å²) in [6.45, 7) is 9.03. The maximum Gasteiger partial charge on any atom is 0.301 e. The number of Topliss-reactive ketones (excluding diaryl/α,β-unsaturated/α-hetero) is 1. The van der Waals surface area contributed by atoms with Gasteiger partial charge in [0.1, 0.15) is 23.4 Å². The van der Waals surface area contributed by atoms with Crippen LogP contribution in [0, 0.1) is 5.92 Å². The number of hydrogen-bond donors (Lipinski definition) is 1. The maximum atomic E-state index is 13.8. The standard InChI is InChI=1S/C35H36N2O7S/c1-6-42-28-17-21(7-12-27(28)43-14-13-19(2)3)31-30(32(38)22-8-11-26-23(16-22)15-20(4)44-26)33(39)34(40)37(31)35-36-25-10-9-24(41-5)18-29(25)45-35/h7-12,16-20,31,38H,6,13-15H2,1-5H3/t20-,31+/m0/s1. The van der Waals surface area contributed by atoms with Crippen LogP contribution < -0.4 is 23.8 Å². The first kappa shape index (κ1) is 30.5. The predicted molar refractivity (Wildman–Crippen MR) is 174 cm³/mol. The number of aromatic nitrogens is 1. The first-order valence-electron chi connectivity index (χ1n) is 15.1. The zero-order chi connectivity index (χ0) is 31.8. The normalized spacial score (nSPS) is 18.8. The van der Waals surface area contributed by atoms with Crippen LogP contribution in [0.25, 0.3) is 16.0 Å². The average Bonchev–Trinajstić information content (AvgIpc) is 3.69. The molecule has 4 aromatic rings. The third-order valence-corrected chi connectivity index (χ3v) is 8.96. The molecule has 2 aliphatic heterocycles. The Kier molecular flexibility index (Phi) is 8.42. The number of methoxy groups -OCH3 is 1. The summed E-state index contributed by atoms with van der Waals surface area (Å²) in [6, 6.07) is 15.2. The molecule has 1 saturated heterocycles. The van der Waals surface area contributed by atoms with E-state index in [1.165, 1.54) is 16.2 Å². The summed E-state index contributed by atoms with van der Waals surface area (Å²) in [6.07, 6.45) is 1.57. The van der Waals surface area contributed by atoms with Gasteiger partial charge in [0.05, 0.1) is 42.2 Å². The largest absolute Gasteiger partial charge is 0.507 e. The molecule has 1 N–H and O–H groups in total. The third-order valence-electron chi connectivity index (χ3n) is 7.94. The number of carbonyl (C=O) groups is 2. The number of aliphatic hydroxyl groups excluding tert-OH is 1. The Morgan fingerprint density at radius 2 is 1.91 bits per heavy atom. The van der Waals surface area contributed by atoms with E-state index >= 15 is 0 Å². The van der Waals surface area contributed by atoms with Crippen LogP contribution in [0.2, 0.25) is 0 Å². The van der Waals surface area contributed by atoms with Crippen LogP contribution >= 0.6 is 11.3 Å². The maximum absolute atomic E-state index is 13.8. The zero-order valence-electron chi connectivity index (χ0n) is 26.0. The van der Waals surface area contributed by atoms with Crippen molar-refractivity contribution < 1.29 is 33.6 Å². The number of ether oxygens (including phenoxy) is 4. The monoisotopic (exact) mass is 628 g/mol. The lowest BCUT2D eigenvalue weighted by atomic mass is 9.94. The van der Waals surface area contributed by atoms with Gasteiger partial charge in [-0.15, -0.1) is 0 Å². The van der Waals surface area contributed by atoms with Gasteiger partial charge in [0.2, 0.25) is 0 Å². The molecule has 9 nitrogen and oxygen atoms in total. The Morgan fingerprint density at radius 3 is 2.67 bits per heavy atom. The van der Waals surface area contributed by atoms with Gasteiger partial charge in [-0.25, -0.2) is 4.98 Å². The van der Waals surface area contributed by atoms with Crippen LogP contribution in [0.15, 0.2) is 60.2 Å². The van der Waals surface area contributed by atoms with Crippen molar-refractivity contribution in [1.82, 2.24) is 4.98 Å². The van der Waals surface area contributed by atoms with E-state index < -0.39 is 17.7 Å². The molecule has 10 heteroatoms. The molecule has 0 unspecified atom stereocenters. The van der Waals surface area contributed by atoms with Crippen molar-refractivity contribution in [1.29, 1.82) is 0 Å². The van der Waals surface area contributed by atoms with E-state index in [2.05, 4.69) is 13.8 Å². The van der Waals surface area contributed by atoms with Crippen LogP contribution in [0.4, 0.5) is 5.13 Å². The van der Waals surface area contributed by atoms with Crippen molar-refractivity contribution in [2.24, 2.45) is 5.92 Å². The first-order valence-corrected chi connectivity index (χ1v) is 15.9. The van der Waals surface area contributed by atoms with E-state index in [0.29, 0.717) is 64.6 Å². The summed E-state index contributed by atoms with van der Waals surface area (Å²) in [5.41, 5.74) is 2.57. The molecule has 0 radical (unpaired) electrons. The molecule has 0 spiro atoms.